The van der Waals surface area contributed by atoms with E-state index in [1.54, 1.807) is 0 Å². The molecule has 2 rings (SSSR count). The van der Waals surface area contributed by atoms with Gasteiger partial charge in [0.25, 0.3) is 0 Å². The summed E-state index contributed by atoms with van der Waals surface area (Å²) in [5, 5.41) is 4.03. The summed E-state index contributed by atoms with van der Waals surface area (Å²) in [5.74, 6) is 0.758. The van der Waals surface area contributed by atoms with Crippen LogP contribution in [0.25, 0.3) is 0 Å². The van der Waals surface area contributed by atoms with E-state index in [1.807, 2.05) is 43.3 Å². The molecule has 5 heteroatoms. The summed E-state index contributed by atoms with van der Waals surface area (Å²) in [6, 6.07) is 11.3. The van der Waals surface area contributed by atoms with Crippen molar-refractivity contribution >= 4 is 51.3 Å². The Kier molecular flexibility index (Phi) is 4.76. The van der Waals surface area contributed by atoms with Crippen molar-refractivity contribution in [3.63, 3.8) is 0 Å². The third-order valence-corrected chi connectivity index (χ3v) is 3.58. The Morgan fingerprint density at radius 1 is 1.26 bits per heavy atom. The number of nitrogens with two attached hydrogens (primary N) is 1. The number of nitrogen functional groups attached to an aromatic ring is 1. The van der Waals surface area contributed by atoms with Crippen LogP contribution in [0.5, 0.6) is 5.75 Å². The SMILES string of the molecule is CCOc1cc(N)cc(Nc2ccc(Cl)cc2I)c1. The van der Waals surface area contributed by atoms with E-state index in [0.29, 0.717) is 12.3 Å². The van der Waals surface area contributed by atoms with E-state index in [9.17, 15) is 0 Å². The van der Waals surface area contributed by atoms with Crippen LogP contribution in [-0.4, -0.2) is 6.61 Å². The van der Waals surface area contributed by atoms with Crippen molar-refractivity contribution < 1.29 is 4.74 Å². The first-order chi connectivity index (χ1) is 9.08. The number of benzene rings is 2. The molecule has 0 aliphatic rings. The normalized spacial score (nSPS) is 10.3. The van der Waals surface area contributed by atoms with Gasteiger partial charge >= 0.3 is 0 Å². The first kappa shape index (κ1) is 14.3. The quantitative estimate of drug-likeness (QED) is 0.591. The fourth-order valence-corrected chi connectivity index (χ4v) is 2.70. The molecule has 0 bridgehead atoms. The van der Waals surface area contributed by atoms with Crippen molar-refractivity contribution in [2.75, 3.05) is 17.7 Å². The lowest BCUT2D eigenvalue weighted by molar-refractivity contribution is 0.340. The van der Waals surface area contributed by atoms with Gasteiger partial charge in [-0.1, -0.05) is 11.6 Å². The smallest absolute Gasteiger partial charge is 0.123 e. The molecule has 2 aromatic rings. The standard InChI is InChI=1S/C14H14ClIN2O/c1-2-19-12-7-10(17)6-11(8-12)18-14-4-3-9(15)5-13(14)16/h3-8,18H,2,17H2,1H3. The molecule has 0 amide bonds. The van der Waals surface area contributed by atoms with Crippen molar-refractivity contribution in [3.05, 3.63) is 45.0 Å². The fraction of sp³-hybridized carbons (Fsp3) is 0.143. The van der Waals surface area contributed by atoms with E-state index in [2.05, 4.69) is 27.9 Å². The average molecular weight is 389 g/mol. The molecule has 0 saturated heterocycles. The van der Waals surface area contributed by atoms with E-state index >= 15 is 0 Å². The van der Waals surface area contributed by atoms with Gasteiger partial charge in [0.15, 0.2) is 0 Å². The minimum absolute atomic E-state index is 0.612. The van der Waals surface area contributed by atoms with Gasteiger partial charge in [-0.3, -0.25) is 0 Å². The predicted molar refractivity (Wildman–Crippen MR) is 89.5 cm³/mol. The highest BCUT2D eigenvalue weighted by Gasteiger charge is 2.04. The number of hydrogen-bond donors (Lipinski definition) is 2. The van der Waals surface area contributed by atoms with Crippen molar-refractivity contribution in [1.29, 1.82) is 0 Å². The first-order valence-corrected chi connectivity index (χ1v) is 7.29. The van der Waals surface area contributed by atoms with Crippen LogP contribution in [0, 0.1) is 3.57 Å². The molecule has 0 atom stereocenters. The molecule has 0 fully saturated rings. The molecule has 3 N–H and O–H groups in total. The zero-order valence-corrected chi connectivity index (χ0v) is 13.3. The van der Waals surface area contributed by atoms with E-state index in [1.165, 1.54) is 0 Å². The van der Waals surface area contributed by atoms with Crippen LogP contribution in [0.4, 0.5) is 17.1 Å². The number of anilines is 3. The van der Waals surface area contributed by atoms with Gasteiger partial charge in [-0.25, -0.2) is 0 Å². The second-order valence-electron chi connectivity index (χ2n) is 3.97. The van der Waals surface area contributed by atoms with Crippen LogP contribution < -0.4 is 15.8 Å². The zero-order valence-electron chi connectivity index (χ0n) is 10.4. The molecule has 0 saturated carbocycles. The molecular formula is C14H14ClIN2O. The van der Waals surface area contributed by atoms with Crippen LogP contribution in [-0.2, 0) is 0 Å². The van der Waals surface area contributed by atoms with Crippen LogP contribution in [0.3, 0.4) is 0 Å². The maximum Gasteiger partial charge on any atom is 0.123 e. The largest absolute Gasteiger partial charge is 0.494 e. The maximum atomic E-state index is 5.94. The Morgan fingerprint density at radius 3 is 2.74 bits per heavy atom. The molecule has 2 aromatic carbocycles. The Bertz CT molecular complexity index is 590. The van der Waals surface area contributed by atoms with Crippen LogP contribution in [0.1, 0.15) is 6.92 Å². The lowest BCUT2D eigenvalue weighted by Crippen LogP contribution is -1.97. The zero-order chi connectivity index (χ0) is 13.8. The lowest BCUT2D eigenvalue weighted by Gasteiger charge is -2.12. The predicted octanol–water partition coefficient (Wildman–Crippen LogP) is 4.67. The van der Waals surface area contributed by atoms with Crippen molar-refractivity contribution in [2.24, 2.45) is 0 Å². The summed E-state index contributed by atoms with van der Waals surface area (Å²) in [6.45, 7) is 2.56. The minimum atomic E-state index is 0.612. The molecular weight excluding hydrogens is 375 g/mol. The number of rotatable bonds is 4. The van der Waals surface area contributed by atoms with Gasteiger partial charge in [-0.05, 0) is 53.8 Å². The van der Waals surface area contributed by atoms with Gasteiger partial charge in [0.05, 0.1) is 12.3 Å². The third-order valence-electron chi connectivity index (χ3n) is 2.45. The summed E-state index contributed by atoms with van der Waals surface area (Å²) in [7, 11) is 0. The highest BCUT2D eigenvalue weighted by Crippen LogP contribution is 2.29. The third kappa shape index (κ3) is 3.91. The second-order valence-corrected chi connectivity index (χ2v) is 5.57. The number of halogens is 2. The summed E-state index contributed by atoms with van der Waals surface area (Å²) in [5.41, 5.74) is 8.40. The van der Waals surface area contributed by atoms with E-state index in [-0.39, 0.29) is 0 Å². The van der Waals surface area contributed by atoms with Crippen molar-refractivity contribution in [3.8, 4) is 5.75 Å². The topological polar surface area (TPSA) is 47.3 Å². The Morgan fingerprint density at radius 2 is 2.05 bits per heavy atom. The fourth-order valence-electron chi connectivity index (χ4n) is 1.69. The summed E-state index contributed by atoms with van der Waals surface area (Å²) >= 11 is 8.18. The van der Waals surface area contributed by atoms with Gasteiger partial charge in [0, 0.05) is 32.1 Å². The Balaban J connectivity index is 2.27. The molecule has 0 spiro atoms. The highest BCUT2D eigenvalue weighted by molar-refractivity contribution is 14.1. The molecule has 0 radical (unpaired) electrons. The van der Waals surface area contributed by atoms with Gasteiger partial charge in [0.2, 0.25) is 0 Å². The summed E-state index contributed by atoms with van der Waals surface area (Å²) < 4.78 is 6.52. The van der Waals surface area contributed by atoms with E-state index in [4.69, 9.17) is 22.1 Å². The molecule has 0 unspecified atom stereocenters. The molecule has 100 valence electrons. The van der Waals surface area contributed by atoms with E-state index < -0.39 is 0 Å². The van der Waals surface area contributed by atoms with Gasteiger partial charge in [-0.2, -0.15) is 0 Å². The number of nitrogens with one attached hydrogen (secondary N) is 1. The highest BCUT2D eigenvalue weighted by atomic mass is 127. The molecule has 19 heavy (non-hydrogen) atoms. The first-order valence-electron chi connectivity index (χ1n) is 5.84. The van der Waals surface area contributed by atoms with Gasteiger partial charge in [0.1, 0.15) is 5.75 Å². The maximum absolute atomic E-state index is 5.94. The summed E-state index contributed by atoms with van der Waals surface area (Å²) in [6.07, 6.45) is 0. The van der Waals surface area contributed by atoms with Crippen molar-refractivity contribution in [2.45, 2.75) is 6.92 Å². The van der Waals surface area contributed by atoms with Gasteiger partial charge < -0.3 is 15.8 Å². The molecule has 0 aliphatic carbocycles. The van der Waals surface area contributed by atoms with Crippen molar-refractivity contribution in [1.82, 2.24) is 0 Å². The second kappa shape index (κ2) is 6.34. The number of ether oxygens (including phenoxy) is 1. The molecule has 0 heterocycles. The van der Waals surface area contributed by atoms with Crippen LogP contribution in [0.2, 0.25) is 5.02 Å². The molecule has 0 aliphatic heterocycles. The Labute approximate surface area is 131 Å². The summed E-state index contributed by atoms with van der Waals surface area (Å²) in [4.78, 5) is 0. The average Bonchev–Trinajstić information content (AvgIpc) is 2.32. The lowest BCUT2D eigenvalue weighted by atomic mass is 10.2. The number of hydrogen-bond acceptors (Lipinski definition) is 3. The molecule has 0 aromatic heterocycles. The van der Waals surface area contributed by atoms with E-state index in [0.717, 1.165) is 25.7 Å². The van der Waals surface area contributed by atoms with Gasteiger partial charge in [-0.15, -0.1) is 0 Å². The van der Waals surface area contributed by atoms with Crippen LogP contribution in [0.15, 0.2) is 36.4 Å². The monoisotopic (exact) mass is 388 g/mol. The Hall–Kier alpha value is -1.14. The minimum Gasteiger partial charge on any atom is -0.494 e. The van der Waals surface area contributed by atoms with Crippen LogP contribution >= 0.6 is 34.2 Å². The molecule has 3 nitrogen and oxygen atoms in total.